The number of rotatable bonds is 6. The third-order valence-electron chi connectivity index (χ3n) is 4.39. The number of H-pyrrole nitrogens is 1. The van der Waals surface area contributed by atoms with E-state index in [-0.39, 0.29) is 17.1 Å². The fourth-order valence-corrected chi connectivity index (χ4v) is 2.98. The molecule has 10 heteroatoms. The van der Waals surface area contributed by atoms with Gasteiger partial charge in [0.2, 0.25) is 5.95 Å². The molecule has 2 aromatic heterocycles. The molecule has 0 aliphatic carbocycles. The van der Waals surface area contributed by atoms with E-state index in [0.717, 1.165) is 4.57 Å². The Morgan fingerprint density at radius 2 is 1.77 bits per heavy atom. The van der Waals surface area contributed by atoms with E-state index >= 15 is 0 Å². The van der Waals surface area contributed by atoms with Crippen LogP contribution >= 0.6 is 0 Å². The molecule has 0 atom stereocenters. The highest BCUT2D eigenvalue weighted by molar-refractivity contribution is 5.78. The number of carbonyl (C=O) groups is 1. The Hall–Kier alpha value is -4.34. The Morgan fingerprint density at radius 1 is 1.10 bits per heavy atom. The van der Waals surface area contributed by atoms with Crippen LogP contribution in [0.15, 0.2) is 64.2 Å². The third kappa shape index (κ3) is 3.65. The molecular formula is C20H17N5O5. The molecule has 4 aromatic rings. The standard InChI is InChI=1S/C20H17N5O5/c1-24-17-16(18(28)23-20(24)29)25(11-15(26)27)19(22-17)21-12-7-9-14(10-8-12)30-13-5-3-2-4-6-13/h2-10H,11H2,1H3,(H,21,22)(H,26,27)(H,23,28,29). The smallest absolute Gasteiger partial charge is 0.329 e. The van der Waals surface area contributed by atoms with Crippen molar-refractivity contribution in [3.63, 3.8) is 0 Å². The molecule has 0 spiro atoms. The van der Waals surface area contributed by atoms with E-state index in [0.29, 0.717) is 17.2 Å². The minimum absolute atomic E-state index is 0.00830. The van der Waals surface area contributed by atoms with Crippen molar-refractivity contribution < 1.29 is 14.6 Å². The second kappa shape index (κ2) is 7.59. The van der Waals surface area contributed by atoms with Crippen LogP contribution in [0.25, 0.3) is 11.2 Å². The Morgan fingerprint density at radius 3 is 2.43 bits per heavy atom. The lowest BCUT2D eigenvalue weighted by Crippen LogP contribution is -2.29. The average molecular weight is 407 g/mol. The molecule has 0 fully saturated rings. The van der Waals surface area contributed by atoms with E-state index in [1.807, 2.05) is 30.3 Å². The van der Waals surface area contributed by atoms with Crippen molar-refractivity contribution in [3.05, 3.63) is 75.4 Å². The summed E-state index contributed by atoms with van der Waals surface area (Å²) in [6, 6.07) is 16.2. The fourth-order valence-electron chi connectivity index (χ4n) is 2.98. The summed E-state index contributed by atoms with van der Waals surface area (Å²) in [5.74, 6) is 0.277. The maximum absolute atomic E-state index is 12.3. The van der Waals surface area contributed by atoms with Crippen LogP contribution < -0.4 is 21.3 Å². The Kier molecular flexibility index (Phi) is 4.80. The number of hydrogen-bond acceptors (Lipinski definition) is 6. The molecule has 30 heavy (non-hydrogen) atoms. The first-order chi connectivity index (χ1) is 14.4. The largest absolute Gasteiger partial charge is 0.480 e. The van der Waals surface area contributed by atoms with Crippen molar-refractivity contribution in [2.75, 3.05) is 5.32 Å². The van der Waals surface area contributed by atoms with Crippen molar-refractivity contribution in [2.45, 2.75) is 6.54 Å². The first kappa shape index (κ1) is 19.0. The van der Waals surface area contributed by atoms with Gasteiger partial charge in [0.05, 0.1) is 0 Å². The normalized spacial score (nSPS) is 10.8. The second-order valence-corrected chi connectivity index (χ2v) is 6.47. The van der Waals surface area contributed by atoms with Gasteiger partial charge in [-0.3, -0.25) is 23.7 Å². The Bertz CT molecular complexity index is 1340. The molecule has 0 radical (unpaired) electrons. The van der Waals surface area contributed by atoms with E-state index in [9.17, 15) is 19.5 Å². The number of imidazole rings is 1. The number of nitrogens with zero attached hydrogens (tertiary/aromatic N) is 3. The predicted octanol–water partition coefficient (Wildman–Crippen LogP) is 2.04. The molecule has 10 nitrogen and oxygen atoms in total. The zero-order chi connectivity index (χ0) is 21.3. The number of hydrogen-bond donors (Lipinski definition) is 3. The topological polar surface area (TPSA) is 131 Å². The number of aryl methyl sites for hydroxylation is 1. The number of nitrogens with one attached hydrogen (secondary N) is 2. The van der Waals surface area contributed by atoms with Crippen molar-refractivity contribution in [1.29, 1.82) is 0 Å². The zero-order valence-corrected chi connectivity index (χ0v) is 15.8. The molecule has 0 saturated heterocycles. The van der Waals surface area contributed by atoms with Crippen LogP contribution in [0.4, 0.5) is 11.6 Å². The number of aliphatic carboxylic acids is 1. The minimum atomic E-state index is -1.16. The van der Waals surface area contributed by atoms with Crippen LogP contribution in [0.2, 0.25) is 0 Å². The van der Waals surface area contributed by atoms with E-state index < -0.39 is 23.8 Å². The van der Waals surface area contributed by atoms with E-state index in [2.05, 4.69) is 15.3 Å². The number of para-hydroxylation sites is 1. The summed E-state index contributed by atoms with van der Waals surface area (Å²) in [5.41, 5.74) is -0.677. The van der Waals surface area contributed by atoms with Gasteiger partial charge in [-0.1, -0.05) is 18.2 Å². The highest BCUT2D eigenvalue weighted by atomic mass is 16.5. The monoisotopic (exact) mass is 407 g/mol. The van der Waals surface area contributed by atoms with Crippen molar-refractivity contribution >= 4 is 28.8 Å². The molecule has 0 saturated carbocycles. The molecular weight excluding hydrogens is 390 g/mol. The summed E-state index contributed by atoms with van der Waals surface area (Å²) in [6.45, 7) is -0.505. The number of carboxylic acids is 1. The van der Waals surface area contributed by atoms with E-state index in [1.165, 1.54) is 11.6 Å². The summed E-state index contributed by atoms with van der Waals surface area (Å²) in [5, 5.41) is 12.3. The highest BCUT2D eigenvalue weighted by Crippen LogP contribution is 2.25. The summed E-state index contributed by atoms with van der Waals surface area (Å²) in [7, 11) is 1.44. The molecule has 0 unspecified atom stereocenters. The lowest BCUT2D eigenvalue weighted by molar-refractivity contribution is -0.137. The summed E-state index contributed by atoms with van der Waals surface area (Å²) in [6.07, 6.45) is 0. The number of carboxylic acid groups (broad SMARTS) is 1. The number of ether oxygens (including phenoxy) is 1. The lowest BCUT2D eigenvalue weighted by atomic mass is 10.3. The molecule has 0 amide bonds. The highest BCUT2D eigenvalue weighted by Gasteiger charge is 2.19. The van der Waals surface area contributed by atoms with Gasteiger partial charge in [0.25, 0.3) is 5.56 Å². The SMILES string of the molecule is Cn1c(=O)[nH]c(=O)c2c1nc(Nc1ccc(Oc3ccccc3)cc1)n2CC(=O)O. The number of benzene rings is 2. The number of aromatic amines is 1. The molecule has 2 aromatic carbocycles. The van der Waals surface area contributed by atoms with Crippen LogP contribution in [-0.2, 0) is 18.4 Å². The Labute approximate surface area is 169 Å². The molecule has 4 rings (SSSR count). The quantitative estimate of drug-likeness (QED) is 0.446. The lowest BCUT2D eigenvalue weighted by Gasteiger charge is -2.10. The van der Waals surface area contributed by atoms with Gasteiger partial charge in [0.1, 0.15) is 18.0 Å². The van der Waals surface area contributed by atoms with Crippen molar-refractivity contribution in [3.8, 4) is 11.5 Å². The minimum Gasteiger partial charge on any atom is -0.480 e. The van der Waals surface area contributed by atoms with Gasteiger partial charge in [-0.05, 0) is 36.4 Å². The summed E-state index contributed by atoms with van der Waals surface area (Å²) in [4.78, 5) is 41.9. The zero-order valence-electron chi connectivity index (χ0n) is 15.8. The molecule has 2 heterocycles. The van der Waals surface area contributed by atoms with Crippen LogP contribution in [0.5, 0.6) is 11.5 Å². The van der Waals surface area contributed by atoms with Crippen LogP contribution in [0.1, 0.15) is 0 Å². The van der Waals surface area contributed by atoms with Crippen LogP contribution in [0.3, 0.4) is 0 Å². The molecule has 3 N–H and O–H groups in total. The number of aromatic nitrogens is 4. The first-order valence-corrected chi connectivity index (χ1v) is 8.93. The van der Waals surface area contributed by atoms with Gasteiger partial charge in [-0.25, -0.2) is 4.79 Å². The van der Waals surface area contributed by atoms with Gasteiger partial charge in [0, 0.05) is 12.7 Å². The van der Waals surface area contributed by atoms with Crippen molar-refractivity contribution in [1.82, 2.24) is 19.1 Å². The Balaban J connectivity index is 1.68. The van der Waals surface area contributed by atoms with Crippen LogP contribution in [0, 0.1) is 0 Å². The van der Waals surface area contributed by atoms with E-state index in [4.69, 9.17) is 4.74 Å². The molecule has 0 aliphatic heterocycles. The average Bonchev–Trinajstić information content (AvgIpc) is 3.06. The maximum Gasteiger partial charge on any atom is 0.329 e. The maximum atomic E-state index is 12.3. The third-order valence-corrected chi connectivity index (χ3v) is 4.39. The number of anilines is 2. The van der Waals surface area contributed by atoms with Crippen LogP contribution in [-0.4, -0.2) is 30.2 Å². The molecule has 0 bridgehead atoms. The summed E-state index contributed by atoms with van der Waals surface area (Å²) >= 11 is 0. The number of fused-ring (bicyclic) bond motifs is 1. The predicted molar refractivity (Wildman–Crippen MR) is 109 cm³/mol. The molecule has 152 valence electrons. The first-order valence-electron chi connectivity index (χ1n) is 8.93. The van der Waals surface area contributed by atoms with Gasteiger partial charge < -0.3 is 15.2 Å². The fraction of sp³-hybridized carbons (Fsp3) is 0.100. The van der Waals surface area contributed by atoms with Gasteiger partial charge in [-0.2, -0.15) is 4.98 Å². The summed E-state index contributed by atoms with van der Waals surface area (Å²) < 4.78 is 8.11. The van der Waals surface area contributed by atoms with Gasteiger partial charge in [0.15, 0.2) is 11.2 Å². The van der Waals surface area contributed by atoms with Crippen molar-refractivity contribution in [2.24, 2.45) is 7.05 Å². The molecule has 0 aliphatic rings. The second-order valence-electron chi connectivity index (χ2n) is 6.47. The van der Waals surface area contributed by atoms with E-state index in [1.54, 1.807) is 24.3 Å². The van der Waals surface area contributed by atoms with Gasteiger partial charge >= 0.3 is 11.7 Å². The van der Waals surface area contributed by atoms with Gasteiger partial charge in [-0.15, -0.1) is 0 Å².